The molecule has 0 amide bonds. The number of nitrogens with one attached hydrogen (secondary N) is 2. The van der Waals surface area contributed by atoms with E-state index in [1.54, 1.807) is 24.5 Å². The molecule has 0 saturated carbocycles. The summed E-state index contributed by atoms with van der Waals surface area (Å²) in [4.78, 5) is 4.99. The lowest BCUT2D eigenvalue weighted by Gasteiger charge is -2.07. The topological polar surface area (TPSA) is 71.1 Å². The molecule has 108 valence electrons. The van der Waals surface area contributed by atoms with Crippen LogP contribution in [0.15, 0.2) is 39.3 Å². The molecule has 2 rings (SSSR count). The molecular formula is C12H14BrN3O2S2. The molecule has 5 nitrogen and oxygen atoms in total. The Morgan fingerprint density at radius 1 is 1.30 bits per heavy atom. The summed E-state index contributed by atoms with van der Waals surface area (Å²) in [5.74, 6) is 0. The zero-order valence-corrected chi connectivity index (χ0v) is 14.0. The Labute approximate surface area is 130 Å². The lowest BCUT2D eigenvalue weighted by Crippen LogP contribution is -2.28. The molecular weight excluding hydrogens is 362 g/mol. The predicted octanol–water partition coefficient (Wildman–Crippen LogP) is 2.60. The number of nitrogens with zero attached hydrogens (tertiary/aromatic N) is 1. The first-order chi connectivity index (χ1) is 9.47. The minimum absolute atomic E-state index is 0.311. The number of thiophene rings is 1. The highest BCUT2D eigenvalue weighted by Gasteiger charge is 2.14. The van der Waals surface area contributed by atoms with Gasteiger partial charge in [0.15, 0.2) is 0 Å². The quantitative estimate of drug-likeness (QED) is 0.761. The summed E-state index contributed by atoms with van der Waals surface area (Å²) in [6, 6.07) is 5.29. The molecule has 0 fully saturated rings. The van der Waals surface area contributed by atoms with Gasteiger partial charge in [-0.1, -0.05) is 0 Å². The number of rotatable bonds is 6. The number of aryl methyl sites for hydroxylation is 1. The third-order valence-corrected chi connectivity index (χ3v) is 5.82. The van der Waals surface area contributed by atoms with Gasteiger partial charge in [0.25, 0.3) is 0 Å². The number of sulfonamides is 1. The van der Waals surface area contributed by atoms with Crippen LogP contribution in [0.2, 0.25) is 0 Å². The van der Waals surface area contributed by atoms with Crippen LogP contribution in [0.25, 0.3) is 0 Å². The van der Waals surface area contributed by atoms with Gasteiger partial charge in [0, 0.05) is 28.6 Å². The summed E-state index contributed by atoms with van der Waals surface area (Å²) < 4.78 is 27.7. The van der Waals surface area contributed by atoms with Gasteiger partial charge in [-0.25, -0.2) is 13.1 Å². The standard InChI is InChI=1S/C12H14BrN3O2S2/c1-9-2-3-12(19-9)20(17,18)16-5-4-15-11-6-10(13)7-14-8-11/h2-3,6-8,15-16H,4-5H2,1H3. The highest BCUT2D eigenvalue weighted by Crippen LogP contribution is 2.20. The highest BCUT2D eigenvalue weighted by molar-refractivity contribution is 9.10. The van der Waals surface area contributed by atoms with E-state index in [-0.39, 0.29) is 0 Å². The van der Waals surface area contributed by atoms with Crippen molar-refractivity contribution in [3.8, 4) is 0 Å². The van der Waals surface area contributed by atoms with Gasteiger partial charge in [-0.3, -0.25) is 4.98 Å². The van der Waals surface area contributed by atoms with Crippen LogP contribution in [-0.2, 0) is 10.0 Å². The predicted molar refractivity (Wildman–Crippen MR) is 84.7 cm³/mol. The normalized spacial score (nSPS) is 11.5. The van der Waals surface area contributed by atoms with Gasteiger partial charge >= 0.3 is 0 Å². The molecule has 0 spiro atoms. The third-order valence-electron chi connectivity index (χ3n) is 2.43. The van der Waals surface area contributed by atoms with E-state index in [1.165, 1.54) is 11.3 Å². The SMILES string of the molecule is Cc1ccc(S(=O)(=O)NCCNc2cncc(Br)c2)s1. The maximum absolute atomic E-state index is 12.0. The van der Waals surface area contributed by atoms with E-state index in [2.05, 4.69) is 31.0 Å². The van der Waals surface area contributed by atoms with Crippen molar-refractivity contribution in [1.82, 2.24) is 9.71 Å². The number of hydrogen-bond donors (Lipinski definition) is 2. The summed E-state index contributed by atoms with van der Waals surface area (Å²) in [6.45, 7) is 2.68. The zero-order valence-electron chi connectivity index (χ0n) is 10.8. The van der Waals surface area contributed by atoms with Crippen LogP contribution < -0.4 is 10.0 Å². The maximum Gasteiger partial charge on any atom is 0.250 e. The second-order valence-electron chi connectivity index (χ2n) is 4.08. The molecule has 2 heterocycles. The summed E-state index contributed by atoms with van der Waals surface area (Å²) in [5, 5.41) is 3.10. The number of anilines is 1. The van der Waals surface area contributed by atoms with Gasteiger partial charge in [-0.2, -0.15) is 0 Å². The van der Waals surface area contributed by atoms with Crippen molar-refractivity contribution in [2.45, 2.75) is 11.1 Å². The van der Waals surface area contributed by atoms with E-state index < -0.39 is 10.0 Å². The largest absolute Gasteiger partial charge is 0.382 e. The molecule has 0 bridgehead atoms. The summed E-state index contributed by atoms with van der Waals surface area (Å²) in [5.41, 5.74) is 0.838. The lowest BCUT2D eigenvalue weighted by molar-refractivity contribution is 0.585. The van der Waals surface area contributed by atoms with E-state index in [0.29, 0.717) is 17.3 Å². The first-order valence-corrected chi connectivity index (χ1v) is 8.97. The molecule has 2 aromatic heterocycles. The van der Waals surface area contributed by atoms with Crippen LogP contribution >= 0.6 is 27.3 Å². The highest BCUT2D eigenvalue weighted by atomic mass is 79.9. The Morgan fingerprint density at radius 3 is 2.75 bits per heavy atom. The number of hydrogen-bond acceptors (Lipinski definition) is 5. The van der Waals surface area contributed by atoms with Crippen molar-refractivity contribution in [2.24, 2.45) is 0 Å². The molecule has 0 radical (unpaired) electrons. The number of pyridine rings is 1. The molecule has 0 aromatic carbocycles. The van der Waals surface area contributed by atoms with Crippen molar-refractivity contribution >= 4 is 43.0 Å². The Morgan fingerprint density at radius 2 is 2.10 bits per heavy atom. The first kappa shape index (κ1) is 15.4. The molecule has 0 atom stereocenters. The molecule has 0 aliphatic carbocycles. The van der Waals surface area contributed by atoms with Gasteiger partial charge < -0.3 is 5.32 Å². The fourth-order valence-corrected chi connectivity index (χ4v) is 4.25. The average Bonchev–Trinajstić information content (AvgIpc) is 2.82. The van der Waals surface area contributed by atoms with E-state index in [0.717, 1.165) is 15.0 Å². The van der Waals surface area contributed by atoms with Gasteiger partial charge in [0.2, 0.25) is 10.0 Å². The van der Waals surface area contributed by atoms with Crippen molar-refractivity contribution in [2.75, 3.05) is 18.4 Å². The maximum atomic E-state index is 12.0. The van der Waals surface area contributed by atoms with Crippen molar-refractivity contribution in [1.29, 1.82) is 0 Å². The first-order valence-electron chi connectivity index (χ1n) is 5.88. The molecule has 0 aliphatic heterocycles. The minimum Gasteiger partial charge on any atom is -0.382 e. The molecule has 20 heavy (non-hydrogen) atoms. The molecule has 0 unspecified atom stereocenters. The van der Waals surface area contributed by atoms with Crippen molar-refractivity contribution in [3.63, 3.8) is 0 Å². The fraction of sp³-hybridized carbons (Fsp3) is 0.250. The third kappa shape index (κ3) is 4.27. The van der Waals surface area contributed by atoms with Gasteiger partial charge in [0.1, 0.15) is 4.21 Å². The van der Waals surface area contributed by atoms with E-state index >= 15 is 0 Å². The molecule has 2 aromatic rings. The van der Waals surface area contributed by atoms with Crippen LogP contribution in [0.3, 0.4) is 0 Å². The van der Waals surface area contributed by atoms with Crippen LogP contribution in [0, 0.1) is 6.92 Å². The van der Waals surface area contributed by atoms with Crippen molar-refractivity contribution < 1.29 is 8.42 Å². The van der Waals surface area contributed by atoms with E-state index in [4.69, 9.17) is 0 Å². The Balaban J connectivity index is 1.84. The van der Waals surface area contributed by atoms with Crippen LogP contribution in [-0.4, -0.2) is 26.5 Å². The monoisotopic (exact) mass is 375 g/mol. The lowest BCUT2D eigenvalue weighted by atomic mass is 10.4. The average molecular weight is 376 g/mol. The second-order valence-corrected chi connectivity index (χ2v) is 8.28. The molecule has 2 N–H and O–H groups in total. The summed E-state index contributed by atoms with van der Waals surface area (Å²) >= 11 is 4.59. The van der Waals surface area contributed by atoms with Crippen LogP contribution in [0.1, 0.15) is 4.88 Å². The fourth-order valence-electron chi connectivity index (χ4n) is 1.53. The van der Waals surface area contributed by atoms with Crippen LogP contribution in [0.5, 0.6) is 0 Å². The Hall–Kier alpha value is -0.960. The number of halogens is 1. The summed E-state index contributed by atoms with van der Waals surface area (Å²) in [7, 11) is -3.40. The van der Waals surface area contributed by atoms with Gasteiger partial charge in [-0.15, -0.1) is 11.3 Å². The van der Waals surface area contributed by atoms with Crippen molar-refractivity contribution in [3.05, 3.63) is 39.9 Å². The van der Waals surface area contributed by atoms with Gasteiger partial charge in [-0.05, 0) is 41.1 Å². The Kier molecular flexibility index (Phi) is 5.14. The second kappa shape index (κ2) is 6.66. The molecule has 8 heteroatoms. The molecule has 0 saturated heterocycles. The van der Waals surface area contributed by atoms with Gasteiger partial charge in [0.05, 0.1) is 11.9 Å². The smallest absolute Gasteiger partial charge is 0.250 e. The Bertz CT molecular complexity index is 686. The summed E-state index contributed by atoms with van der Waals surface area (Å²) in [6.07, 6.45) is 3.37. The van der Waals surface area contributed by atoms with E-state index in [9.17, 15) is 8.42 Å². The molecule has 0 aliphatic rings. The van der Waals surface area contributed by atoms with Crippen LogP contribution in [0.4, 0.5) is 5.69 Å². The number of aromatic nitrogens is 1. The van der Waals surface area contributed by atoms with E-state index in [1.807, 2.05) is 13.0 Å². The minimum atomic E-state index is -3.40. The zero-order chi connectivity index (χ0) is 14.6.